The number of amides is 1. The van der Waals surface area contributed by atoms with Crippen molar-refractivity contribution in [1.82, 2.24) is 19.7 Å². The second-order valence-corrected chi connectivity index (χ2v) is 7.78. The summed E-state index contributed by atoms with van der Waals surface area (Å²) in [6, 6.07) is 8.55. The van der Waals surface area contributed by atoms with Gasteiger partial charge in [-0.25, -0.2) is 4.98 Å². The molecular weight excluding hydrogens is 338 g/mol. The van der Waals surface area contributed by atoms with E-state index in [2.05, 4.69) is 26.1 Å². The molecule has 0 spiro atoms. The number of aromatic amines is 1. The van der Waals surface area contributed by atoms with Gasteiger partial charge in [-0.1, -0.05) is 31.4 Å². The molecule has 1 amide bonds. The van der Waals surface area contributed by atoms with E-state index in [0.29, 0.717) is 17.7 Å². The minimum Gasteiger partial charge on any atom is -0.307 e. The molecule has 0 saturated heterocycles. The summed E-state index contributed by atoms with van der Waals surface area (Å²) in [5.41, 5.74) is 4.77. The lowest BCUT2D eigenvalue weighted by molar-refractivity contribution is 0.101. The molecule has 2 aliphatic carbocycles. The predicted molar refractivity (Wildman–Crippen MR) is 105 cm³/mol. The van der Waals surface area contributed by atoms with Crippen LogP contribution in [0.5, 0.6) is 0 Å². The number of nitrogens with one attached hydrogen (secondary N) is 2. The average Bonchev–Trinajstić information content (AvgIpc) is 3.30. The van der Waals surface area contributed by atoms with Gasteiger partial charge in [0.15, 0.2) is 5.69 Å². The molecule has 0 atom stereocenters. The van der Waals surface area contributed by atoms with Gasteiger partial charge < -0.3 is 4.57 Å². The number of hydrogen-bond acceptors (Lipinski definition) is 3. The maximum atomic E-state index is 13.0. The quantitative estimate of drug-likeness (QED) is 0.724. The number of benzene rings is 1. The molecule has 1 saturated carbocycles. The van der Waals surface area contributed by atoms with Crippen LogP contribution in [0.4, 0.5) is 5.95 Å². The highest BCUT2D eigenvalue weighted by atomic mass is 16.2. The molecule has 0 radical (unpaired) electrons. The standard InChI is InChI=1S/C21H25N5O/c27-20(19-15-10-4-5-11-16(15)24-25-19)23-21-22-17-12-6-7-13-18(17)26(21)14-8-2-1-3-9-14/h6-7,12-14H,1-5,8-11H2,(H,24,25)(H,22,23,27). The van der Waals surface area contributed by atoms with E-state index >= 15 is 0 Å². The summed E-state index contributed by atoms with van der Waals surface area (Å²) in [5.74, 6) is 0.502. The van der Waals surface area contributed by atoms with E-state index in [1.54, 1.807) is 0 Å². The highest BCUT2D eigenvalue weighted by molar-refractivity contribution is 6.04. The van der Waals surface area contributed by atoms with Gasteiger partial charge in [-0.2, -0.15) is 5.10 Å². The number of anilines is 1. The van der Waals surface area contributed by atoms with Gasteiger partial charge in [-0.15, -0.1) is 0 Å². The second-order valence-electron chi connectivity index (χ2n) is 7.78. The summed E-state index contributed by atoms with van der Waals surface area (Å²) < 4.78 is 2.24. The largest absolute Gasteiger partial charge is 0.307 e. The number of para-hydroxylation sites is 2. The molecule has 2 heterocycles. The number of aromatic nitrogens is 4. The van der Waals surface area contributed by atoms with Crippen LogP contribution >= 0.6 is 0 Å². The summed E-state index contributed by atoms with van der Waals surface area (Å²) >= 11 is 0. The molecule has 2 aliphatic rings. The third kappa shape index (κ3) is 2.93. The number of hydrogen-bond donors (Lipinski definition) is 2. The first-order chi connectivity index (χ1) is 13.3. The molecule has 3 aromatic rings. The van der Waals surface area contributed by atoms with Gasteiger partial charge in [0.2, 0.25) is 5.95 Å². The molecule has 140 valence electrons. The monoisotopic (exact) mass is 363 g/mol. The molecule has 27 heavy (non-hydrogen) atoms. The van der Waals surface area contributed by atoms with Gasteiger partial charge in [-0.3, -0.25) is 15.2 Å². The summed E-state index contributed by atoms with van der Waals surface area (Å²) in [6.45, 7) is 0. The number of aryl methyl sites for hydroxylation is 1. The summed E-state index contributed by atoms with van der Waals surface area (Å²) in [4.78, 5) is 17.8. The van der Waals surface area contributed by atoms with Gasteiger partial charge in [-0.05, 0) is 50.7 Å². The summed E-state index contributed by atoms with van der Waals surface area (Å²) in [5, 5.41) is 10.5. The zero-order chi connectivity index (χ0) is 18.2. The van der Waals surface area contributed by atoms with Crippen molar-refractivity contribution >= 4 is 22.9 Å². The van der Waals surface area contributed by atoms with E-state index in [4.69, 9.17) is 4.98 Å². The van der Waals surface area contributed by atoms with Crippen molar-refractivity contribution in [2.75, 3.05) is 5.32 Å². The molecule has 6 heteroatoms. The first kappa shape index (κ1) is 16.5. The smallest absolute Gasteiger partial charge is 0.278 e. The van der Waals surface area contributed by atoms with Crippen molar-refractivity contribution in [2.45, 2.75) is 63.8 Å². The number of rotatable bonds is 3. The maximum absolute atomic E-state index is 13.0. The topological polar surface area (TPSA) is 75.6 Å². The molecular formula is C21H25N5O. The molecule has 5 rings (SSSR count). The van der Waals surface area contributed by atoms with E-state index in [0.717, 1.165) is 60.8 Å². The van der Waals surface area contributed by atoms with Crippen LogP contribution in [-0.4, -0.2) is 25.7 Å². The Morgan fingerprint density at radius 2 is 1.89 bits per heavy atom. The van der Waals surface area contributed by atoms with Gasteiger partial charge in [0, 0.05) is 17.3 Å². The normalized spacial score (nSPS) is 17.8. The lowest BCUT2D eigenvalue weighted by Gasteiger charge is -2.25. The highest BCUT2D eigenvalue weighted by Gasteiger charge is 2.26. The average molecular weight is 363 g/mol. The molecule has 2 N–H and O–H groups in total. The Hall–Kier alpha value is -2.63. The Bertz CT molecular complexity index is 980. The van der Waals surface area contributed by atoms with Crippen LogP contribution in [0.3, 0.4) is 0 Å². The molecule has 0 unspecified atom stereocenters. The van der Waals surface area contributed by atoms with Gasteiger partial charge in [0.05, 0.1) is 11.0 Å². The Morgan fingerprint density at radius 3 is 2.78 bits per heavy atom. The number of imidazole rings is 1. The third-order valence-corrected chi connectivity index (χ3v) is 6.03. The lowest BCUT2D eigenvalue weighted by atomic mass is 9.95. The fraction of sp³-hybridized carbons (Fsp3) is 0.476. The zero-order valence-corrected chi connectivity index (χ0v) is 15.5. The molecule has 1 aromatic carbocycles. The third-order valence-electron chi connectivity index (χ3n) is 6.03. The molecule has 2 aromatic heterocycles. The van der Waals surface area contributed by atoms with Crippen molar-refractivity contribution in [1.29, 1.82) is 0 Å². The SMILES string of the molecule is O=C(Nc1nc2ccccc2n1C1CCCCC1)c1n[nH]c2c1CCCC2. The Kier molecular flexibility index (Phi) is 4.19. The Morgan fingerprint density at radius 1 is 1.07 bits per heavy atom. The van der Waals surface area contributed by atoms with Crippen LogP contribution in [0.1, 0.15) is 72.7 Å². The Labute approximate surface area is 158 Å². The van der Waals surface area contributed by atoms with Gasteiger partial charge >= 0.3 is 0 Å². The number of fused-ring (bicyclic) bond motifs is 2. The molecule has 1 fully saturated rings. The highest BCUT2D eigenvalue weighted by Crippen LogP contribution is 2.34. The van der Waals surface area contributed by atoms with E-state index in [1.165, 1.54) is 19.3 Å². The first-order valence-corrected chi connectivity index (χ1v) is 10.2. The van der Waals surface area contributed by atoms with Crippen molar-refractivity contribution in [3.63, 3.8) is 0 Å². The molecule has 0 aliphatic heterocycles. The molecule has 6 nitrogen and oxygen atoms in total. The minimum atomic E-state index is -0.151. The van der Waals surface area contributed by atoms with E-state index in [-0.39, 0.29) is 5.91 Å². The van der Waals surface area contributed by atoms with E-state index in [9.17, 15) is 4.79 Å². The fourth-order valence-electron chi connectivity index (χ4n) is 4.67. The van der Waals surface area contributed by atoms with Crippen molar-refractivity contribution in [3.8, 4) is 0 Å². The maximum Gasteiger partial charge on any atom is 0.278 e. The van der Waals surface area contributed by atoms with Crippen molar-refractivity contribution < 1.29 is 4.79 Å². The number of H-pyrrole nitrogens is 1. The Balaban J connectivity index is 1.51. The van der Waals surface area contributed by atoms with E-state index < -0.39 is 0 Å². The predicted octanol–water partition coefficient (Wildman–Crippen LogP) is 4.40. The fourth-order valence-corrected chi connectivity index (χ4v) is 4.67. The number of carbonyl (C=O) groups excluding carboxylic acids is 1. The lowest BCUT2D eigenvalue weighted by Crippen LogP contribution is -2.21. The summed E-state index contributed by atoms with van der Waals surface area (Å²) in [7, 11) is 0. The van der Waals surface area contributed by atoms with Crippen molar-refractivity contribution in [3.05, 3.63) is 41.2 Å². The second kappa shape index (κ2) is 6.83. The number of nitrogens with zero attached hydrogens (tertiary/aromatic N) is 3. The van der Waals surface area contributed by atoms with Crippen LogP contribution < -0.4 is 5.32 Å². The first-order valence-electron chi connectivity index (χ1n) is 10.2. The van der Waals surface area contributed by atoms with Gasteiger partial charge in [0.25, 0.3) is 5.91 Å². The van der Waals surface area contributed by atoms with Crippen LogP contribution in [-0.2, 0) is 12.8 Å². The summed E-state index contributed by atoms with van der Waals surface area (Å²) in [6.07, 6.45) is 10.2. The zero-order valence-electron chi connectivity index (χ0n) is 15.5. The van der Waals surface area contributed by atoms with Gasteiger partial charge in [0.1, 0.15) is 0 Å². The van der Waals surface area contributed by atoms with E-state index in [1.807, 2.05) is 18.2 Å². The van der Waals surface area contributed by atoms with Crippen LogP contribution in [0.25, 0.3) is 11.0 Å². The minimum absolute atomic E-state index is 0.151. The number of carbonyl (C=O) groups is 1. The van der Waals surface area contributed by atoms with Crippen LogP contribution in [0.2, 0.25) is 0 Å². The van der Waals surface area contributed by atoms with Crippen LogP contribution in [0.15, 0.2) is 24.3 Å². The van der Waals surface area contributed by atoms with Crippen LogP contribution in [0, 0.1) is 0 Å². The van der Waals surface area contributed by atoms with Crippen molar-refractivity contribution in [2.24, 2.45) is 0 Å². The molecule has 0 bridgehead atoms.